The minimum Gasteiger partial charge on any atom is -0.387 e. The van der Waals surface area contributed by atoms with Crippen LogP contribution < -0.4 is 5.32 Å². The molecule has 19 heavy (non-hydrogen) atoms. The Kier molecular flexibility index (Phi) is 4.56. The van der Waals surface area contributed by atoms with Gasteiger partial charge in [-0.05, 0) is 39.7 Å². The van der Waals surface area contributed by atoms with Crippen molar-refractivity contribution in [3.05, 3.63) is 64.1 Å². The summed E-state index contributed by atoms with van der Waals surface area (Å²) in [5, 5.41) is 22.0. The molecule has 2 aromatic rings. The summed E-state index contributed by atoms with van der Waals surface area (Å²) in [4.78, 5) is 0. The molecular formula is C15H13BrN2O. The average Bonchev–Trinajstić information content (AvgIpc) is 2.46. The maximum Gasteiger partial charge on any atom is 0.100 e. The normalized spacial score (nSPS) is 11.6. The summed E-state index contributed by atoms with van der Waals surface area (Å²) < 4.78 is 0.745. The van der Waals surface area contributed by atoms with Crippen molar-refractivity contribution in [2.24, 2.45) is 0 Å². The molecule has 0 aliphatic rings. The van der Waals surface area contributed by atoms with Crippen LogP contribution in [0.5, 0.6) is 0 Å². The lowest BCUT2D eigenvalue weighted by Crippen LogP contribution is -2.12. The molecule has 0 saturated heterocycles. The van der Waals surface area contributed by atoms with Crippen LogP contribution >= 0.6 is 15.9 Å². The summed E-state index contributed by atoms with van der Waals surface area (Å²) in [6.07, 6.45) is -0.560. The Hall–Kier alpha value is -1.83. The van der Waals surface area contributed by atoms with E-state index in [0.29, 0.717) is 12.1 Å². The van der Waals surface area contributed by atoms with E-state index in [1.54, 1.807) is 6.07 Å². The van der Waals surface area contributed by atoms with Gasteiger partial charge < -0.3 is 10.4 Å². The molecule has 0 saturated carbocycles. The molecule has 0 aromatic heterocycles. The third-order valence-electron chi connectivity index (χ3n) is 2.77. The summed E-state index contributed by atoms with van der Waals surface area (Å²) in [7, 11) is 0. The monoisotopic (exact) mass is 316 g/mol. The Morgan fingerprint density at radius 3 is 2.58 bits per heavy atom. The van der Waals surface area contributed by atoms with Gasteiger partial charge in [0.2, 0.25) is 0 Å². The smallest absolute Gasteiger partial charge is 0.100 e. The molecule has 0 aliphatic carbocycles. The Morgan fingerprint density at radius 1 is 1.21 bits per heavy atom. The maximum atomic E-state index is 10.0. The molecular weight excluding hydrogens is 304 g/mol. The summed E-state index contributed by atoms with van der Waals surface area (Å²) in [6, 6.07) is 17.0. The first-order chi connectivity index (χ1) is 9.20. The van der Waals surface area contributed by atoms with Crippen molar-refractivity contribution < 1.29 is 5.11 Å². The van der Waals surface area contributed by atoms with E-state index in [1.807, 2.05) is 42.5 Å². The highest BCUT2D eigenvalue weighted by molar-refractivity contribution is 9.10. The second-order valence-corrected chi connectivity index (χ2v) is 4.97. The van der Waals surface area contributed by atoms with Crippen molar-refractivity contribution in [3.8, 4) is 6.07 Å². The van der Waals surface area contributed by atoms with Crippen LogP contribution in [0.3, 0.4) is 0 Å². The SMILES string of the molecule is N#Cc1ccc(NCC(O)c2ccccc2)cc1Br. The zero-order valence-corrected chi connectivity index (χ0v) is 11.8. The van der Waals surface area contributed by atoms with Gasteiger partial charge in [0.1, 0.15) is 6.07 Å². The molecule has 2 rings (SSSR count). The van der Waals surface area contributed by atoms with Crippen molar-refractivity contribution >= 4 is 21.6 Å². The third-order valence-corrected chi connectivity index (χ3v) is 3.43. The minimum atomic E-state index is -0.560. The topological polar surface area (TPSA) is 56.0 Å². The quantitative estimate of drug-likeness (QED) is 0.908. The molecule has 1 unspecified atom stereocenters. The van der Waals surface area contributed by atoms with Crippen molar-refractivity contribution in [2.75, 3.05) is 11.9 Å². The van der Waals surface area contributed by atoms with Gasteiger partial charge in [0, 0.05) is 16.7 Å². The molecule has 0 aliphatic heterocycles. The predicted octanol–water partition coefficient (Wildman–Crippen LogP) is 3.47. The van der Waals surface area contributed by atoms with Crippen LogP contribution in [0.4, 0.5) is 5.69 Å². The fourth-order valence-corrected chi connectivity index (χ4v) is 2.19. The molecule has 0 amide bonds. The lowest BCUT2D eigenvalue weighted by atomic mass is 10.1. The number of benzene rings is 2. The van der Waals surface area contributed by atoms with Crippen LogP contribution in [0.1, 0.15) is 17.2 Å². The maximum absolute atomic E-state index is 10.0. The van der Waals surface area contributed by atoms with E-state index in [9.17, 15) is 5.11 Å². The number of nitriles is 1. The van der Waals surface area contributed by atoms with Crippen LogP contribution in [0, 0.1) is 11.3 Å². The van der Waals surface area contributed by atoms with Gasteiger partial charge >= 0.3 is 0 Å². The first-order valence-corrected chi connectivity index (χ1v) is 6.66. The lowest BCUT2D eigenvalue weighted by Gasteiger charge is -2.13. The number of aliphatic hydroxyl groups is 1. The highest BCUT2D eigenvalue weighted by Crippen LogP contribution is 2.21. The Morgan fingerprint density at radius 2 is 1.95 bits per heavy atom. The molecule has 96 valence electrons. The van der Waals surface area contributed by atoms with E-state index in [-0.39, 0.29) is 0 Å². The van der Waals surface area contributed by atoms with Crippen LogP contribution in [-0.2, 0) is 0 Å². The summed E-state index contributed by atoms with van der Waals surface area (Å²) in [6.45, 7) is 0.419. The van der Waals surface area contributed by atoms with E-state index in [4.69, 9.17) is 5.26 Å². The molecule has 0 fully saturated rings. The van der Waals surface area contributed by atoms with Crippen molar-refractivity contribution in [2.45, 2.75) is 6.10 Å². The average molecular weight is 317 g/mol. The van der Waals surface area contributed by atoms with E-state index in [0.717, 1.165) is 15.7 Å². The molecule has 1 atom stereocenters. The number of nitrogens with one attached hydrogen (secondary N) is 1. The van der Waals surface area contributed by atoms with Gasteiger partial charge in [-0.25, -0.2) is 0 Å². The van der Waals surface area contributed by atoms with Crippen LogP contribution in [0.15, 0.2) is 53.0 Å². The number of aliphatic hydroxyl groups excluding tert-OH is 1. The number of anilines is 1. The standard InChI is InChI=1S/C15H13BrN2O/c16-14-8-13(7-6-12(14)9-17)18-10-15(19)11-4-2-1-3-5-11/h1-8,15,18-19H,10H2. The molecule has 2 aromatic carbocycles. The van der Waals surface area contributed by atoms with Gasteiger partial charge in [-0.15, -0.1) is 0 Å². The van der Waals surface area contributed by atoms with Gasteiger partial charge in [0.05, 0.1) is 11.7 Å². The highest BCUT2D eigenvalue weighted by atomic mass is 79.9. The number of halogens is 1. The molecule has 3 nitrogen and oxygen atoms in total. The van der Waals surface area contributed by atoms with Gasteiger partial charge in [0.15, 0.2) is 0 Å². The lowest BCUT2D eigenvalue weighted by molar-refractivity contribution is 0.191. The Bertz CT molecular complexity index is 593. The number of hydrogen-bond acceptors (Lipinski definition) is 3. The molecule has 2 N–H and O–H groups in total. The summed E-state index contributed by atoms with van der Waals surface area (Å²) in [5.74, 6) is 0. The van der Waals surface area contributed by atoms with Crippen LogP contribution in [-0.4, -0.2) is 11.7 Å². The summed E-state index contributed by atoms with van der Waals surface area (Å²) >= 11 is 3.33. The largest absolute Gasteiger partial charge is 0.387 e. The second-order valence-electron chi connectivity index (χ2n) is 4.11. The second kappa shape index (κ2) is 6.37. The fraction of sp³-hybridized carbons (Fsp3) is 0.133. The minimum absolute atomic E-state index is 0.419. The van der Waals surface area contributed by atoms with Gasteiger partial charge in [0.25, 0.3) is 0 Å². The predicted molar refractivity (Wildman–Crippen MR) is 78.7 cm³/mol. The van der Waals surface area contributed by atoms with Crippen LogP contribution in [0.25, 0.3) is 0 Å². The molecule has 0 heterocycles. The number of hydrogen-bond donors (Lipinski definition) is 2. The van der Waals surface area contributed by atoms with Gasteiger partial charge in [-0.3, -0.25) is 0 Å². The molecule has 4 heteroatoms. The highest BCUT2D eigenvalue weighted by Gasteiger charge is 2.07. The van der Waals surface area contributed by atoms with E-state index >= 15 is 0 Å². The van der Waals surface area contributed by atoms with Crippen molar-refractivity contribution in [1.82, 2.24) is 0 Å². The van der Waals surface area contributed by atoms with Crippen molar-refractivity contribution in [3.63, 3.8) is 0 Å². The first kappa shape index (κ1) is 13.6. The zero-order chi connectivity index (χ0) is 13.7. The third kappa shape index (κ3) is 3.57. The van der Waals surface area contributed by atoms with Crippen molar-refractivity contribution in [1.29, 1.82) is 5.26 Å². The zero-order valence-electron chi connectivity index (χ0n) is 10.2. The van der Waals surface area contributed by atoms with E-state index in [1.165, 1.54) is 0 Å². The van der Waals surface area contributed by atoms with Gasteiger partial charge in [-0.1, -0.05) is 30.3 Å². The Balaban J connectivity index is 2.00. The molecule has 0 spiro atoms. The number of nitrogens with zero attached hydrogens (tertiary/aromatic N) is 1. The summed E-state index contributed by atoms with van der Waals surface area (Å²) in [5.41, 5.74) is 2.33. The number of rotatable bonds is 4. The molecule has 0 bridgehead atoms. The first-order valence-electron chi connectivity index (χ1n) is 5.87. The van der Waals surface area contributed by atoms with Crippen LogP contribution in [0.2, 0.25) is 0 Å². The Labute approximate surface area is 120 Å². The fourth-order valence-electron chi connectivity index (χ4n) is 1.72. The van der Waals surface area contributed by atoms with Gasteiger partial charge in [-0.2, -0.15) is 5.26 Å². The van der Waals surface area contributed by atoms with E-state index in [2.05, 4.69) is 27.3 Å². The molecule has 0 radical (unpaired) electrons. The van der Waals surface area contributed by atoms with E-state index < -0.39 is 6.10 Å².